The van der Waals surface area contributed by atoms with Gasteiger partial charge in [0.05, 0.1) is 10.3 Å². The van der Waals surface area contributed by atoms with Gasteiger partial charge in [0.1, 0.15) is 17.5 Å². The Kier molecular flexibility index (Phi) is 3.77. The zero-order chi connectivity index (χ0) is 14.8. The molecule has 2 heterocycles. The smallest absolute Gasteiger partial charge is 0.338 e. The molecule has 0 unspecified atom stereocenters. The molecule has 0 saturated heterocycles. The lowest BCUT2D eigenvalue weighted by molar-refractivity contribution is 0.0699. The highest BCUT2D eigenvalue weighted by Gasteiger charge is 2.17. The standard InChI is InChI=1S/C15H10ClNO3S/c16-14-12-9(7-20-10-4-2-1-3-5-10)8-21-13(12)11(6-17-14)15(18)19/h1-6,8H,7H2,(H,18,19). The summed E-state index contributed by atoms with van der Waals surface area (Å²) in [6, 6.07) is 9.40. The molecule has 0 fully saturated rings. The number of hydrogen-bond acceptors (Lipinski definition) is 4. The lowest BCUT2D eigenvalue weighted by atomic mass is 10.2. The summed E-state index contributed by atoms with van der Waals surface area (Å²) in [4.78, 5) is 15.2. The minimum absolute atomic E-state index is 0.158. The van der Waals surface area contributed by atoms with Crippen LogP contribution in [0.4, 0.5) is 0 Å². The lowest BCUT2D eigenvalue weighted by Gasteiger charge is -2.06. The molecule has 0 saturated carbocycles. The van der Waals surface area contributed by atoms with Gasteiger partial charge in [0.2, 0.25) is 0 Å². The molecule has 21 heavy (non-hydrogen) atoms. The second kappa shape index (κ2) is 5.71. The minimum atomic E-state index is -1.01. The quantitative estimate of drug-likeness (QED) is 0.731. The Hall–Kier alpha value is -2.11. The van der Waals surface area contributed by atoms with Crippen LogP contribution in [-0.2, 0) is 6.61 Å². The number of carbonyl (C=O) groups is 1. The zero-order valence-electron chi connectivity index (χ0n) is 10.7. The largest absolute Gasteiger partial charge is 0.489 e. The third-order valence-corrected chi connectivity index (χ3v) is 4.34. The topological polar surface area (TPSA) is 59.4 Å². The molecule has 106 valence electrons. The number of hydrogen-bond donors (Lipinski definition) is 1. The van der Waals surface area contributed by atoms with Crippen molar-refractivity contribution in [2.45, 2.75) is 6.61 Å². The van der Waals surface area contributed by atoms with Gasteiger partial charge in [-0.1, -0.05) is 29.8 Å². The lowest BCUT2D eigenvalue weighted by Crippen LogP contribution is -1.99. The van der Waals surface area contributed by atoms with Crippen molar-refractivity contribution in [3.8, 4) is 5.75 Å². The number of halogens is 1. The highest BCUT2D eigenvalue weighted by molar-refractivity contribution is 7.17. The molecule has 0 radical (unpaired) electrons. The van der Waals surface area contributed by atoms with Crippen LogP contribution in [0, 0.1) is 0 Å². The van der Waals surface area contributed by atoms with Crippen LogP contribution < -0.4 is 4.74 Å². The van der Waals surface area contributed by atoms with E-state index in [0.29, 0.717) is 21.8 Å². The van der Waals surface area contributed by atoms with Crippen molar-refractivity contribution in [1.82, 2.24) is 4.98 Å². The normalized spacial score (nSPS) is 10.7. The van der Waals surface area contributed by atoms with Gasteiger partial charge in [-0.05, 0) is 17.5 Å². The van der Waals surface area contributed by atoms with Gasteiger partial charge in [0.25, 0.3) is 0 Å². The SMILES string of the molecule is O=C(O)c1cnc(Cl)c2c(COc3ccccc3)csc12. The maximum atomic E-state index is 11.2. The Balaban J connectivity index is 1.96. The Labute approximate surface area is 129 Å². The van der Waals surface area contributed by atoms with Crippen molar-refractivity contribution < 1.29 is 14.6 Å². The Morgan fingerprint density at radius 3 is 2.81 bits per heavy atom. The van der Waals surface area contributed by atoms with Gasteiger partial charge in [-0.3, -0.25) is 0 Å². The molecular weight excluding hydrogens is 310 g/mol. The van der Waals surface area contributed by atoms with Crippen LogP contribution in [-0.4, -0.2) is 16.1 Å². The number of carboxylic acid groups (broad SMARTS) is 1. The molecule has 1 aromatic carbocycles. The Morgan fingerprint density at radius 1 is 1.33 bits per heavy atom. The molecule has 0 spiro atoms. The van der Waals surface area contributed by atoms with Crippen LogP contribution >= 0.6 is 22.9 Å². The zero-order valence-corrected chi connectivity index (χ0v) is 12.3. The first-order chi connectivity index (χ1) is 10.2. The molecule has 1 N–H and O–H groups in total. The molecule has 3 aromatic rings. The molecule has 4 nitrogen and oxygen atoms in total. The van der Waals surface area contributed by atoms with Crippen molar-refractivity contribution in [2.75, 3.05) is 0 Å². The number of ether oxygens (including phenoxy) is 1. The van der Waals surface area contributed by atoms with Crippen molar-refractivity contribution in [2.24, 2.45) is 0 Å². The van der Waals surface area contributed by atoms with Crippen molar-refractivity contribution in [3.05, 3.63) is 58.2 Å². The van der Waals surface area contributed by atoms with Crippen LogP contribution in [0.3, 0.4) is 0 Å². The molecule has 0 aliphatic heterocycles. The summed E-state index contributed by atoms with van der Waals surface area (Å²) in [7, 11) is 0. The van der Waals surface area contributed by atoms with Gasteiger partial charge in [0, 0.05) is 17.1 Å². The highest BCUT2D eigenvalue weighted by atomic mass is 35.5. The second-order valence-electron chi connectivity index (χ2n) is 4.33. The molecule has 3 rings (SSSR count). The van der Waals surface area contributed by atoms with Gasteiger partial charge < -0.3 is 9.84 Å². The number of aromatic carboxylic acids is 1. The predicted molar refractivity (Wildman–Crippen MR) is 82.4 cm³/mol. The number of para-hydroxylation sites is 1. The number of aromatic nitrogens is 1. The first-order valence-electron chi connectivity index (χ1n) is 6.12. The summed E-state index contributed by atoms with van der Waals surface area (Å²) in [5.41, 5.74) is 0.991. The van der Waals surface area contributed by atoms with E-state index >= 15 is 0 Å². The fourth-order valence-corrected chi connectivity index (χ4v) is 3.38. The van der Waals surface area contributed by atoms with Crippen molar-refractivity contribution >= 4 is 39.0 Å². The van der Waals surface area contributed by atoms with E-state index in [4.69, 9.17) is 16.3 Å². The number of thiophene rings is 1. The van der Waals surface area contributed by atoms with E-state index in [-0.39, 0.29) is 5.56 Å². The fourth-order valence-electron chi connectivity index (χ4n) is 2.00. The Morgan fingerprint density at radius 2 is 2.10 bits per heavy atom. The molecule has 0 aliphatic carbocycles. The molecule has 0 aliphatic rings. The van der Waals surface area contributed by atoms with E-state index in [1.54, 1.807) is 0 Å². The molecule has 2 aromatic heterocycles. The number of rotatable bonds is 4. The van der Waals surface area contributed by atoms with E-state index in [2.05, 4.69) is 4.98 Å². The number of pyridine rings is 1. The first-order valence-corrected chi connectivity index (χ1v) is 7.38. The van der Waals surface area contributed by atoms with E-state index in [9.17, 15) is 9.90 Å². The number of carboxylic acids is 1. The van der Waals surface area contributed by atoms with Gasteiger partial charge >= 0.3 is 5.97 Å². The summed E-state index contributed by atoms with van der Waals surface area (Å²) >= 11 is 7.44. The van der Waals surface area contributed by atoms with Crippen molar-refractivity contribution in [3.63, 3.8) is 0 Å². The summed E-state index contributed by atoms with van der Waals surface area (Å²) in [5.74, 6) is -0.267. The fraction of sp³-hybridized carbons (Fsp3) is 0.0667. The van der Waals surface area contributed by atoms with Gasteiger partial charge in [-0.2, -0.15) is 0 Å². The van der Waals surface area contributed by atoms with E-state index in [1.165, 1.54) is 17.5 Å². The van der Waals surface area contributed by atoms with Gasteiger partial charge in [-0.15, -0.1) is 11.3 Å². The number of nitrogens with zero attached hydrogens (tertiary/aromatic N) is 1. The molecular formula is C15H10ClNO3S. The third-order valence-electron chi connectivity index (χ3n) is 2.99. The average molecular weight is 320 g/mol. The van der Waals surface area contributed by atoms with Crippen LogP contribution in [0.25, 0.3) is 10.1 Å². The van der Waals surface area contributed by atoms with Crippen LogP contribution in [0.5, 0.6) is 5.75 Å². The maximum Gasteiger partial charge on any atom is 0.338 e. The van der Waals surface area contributed by atoms with Crippen LogP contribution in [0.1, 0.15) is 15.9 Å². The second-order valence-corrected chi connectivity index (χ2v) is 5.57. The van der Waals surface area contributed by atoms with Crippen LogP contribution in [0.2, 0.25) is 5.15 Å². The molecule has 0 amide bonds. The van der Waals surface area contributed by atoms with Crippen LogP contribution in [0.15, 0.2) is 41.9 Å². The molecule has 0 bridgehead atoms. The van der Waals surface area contributed by atoms with E-state index in [0.717, 1.165) is 11.3 Å². The minimum Gasteiger partial charge on any atom is -0.489 e. The van der Waals surface area contributed by atoms with E-state index in [1.807, 2.05) is 35.7 Å². The number of fused-ring (bicyclic) bond motifs is 1. The van der Waals surface area contributed by atoms with E-state index < -0.39 is 5.97 Å². The molecule has 0 atom stereocenters. The Bertz CT molecular complexity index is 801. The molecule has 6 heteroatoms. The highest BCUT2D eigenvalue weighted by Crippen LogP contribution is 2.34. The monoisotopic (exact) mass is 319 g/mol. The summed E-state index contributed by atoms with van der Waals surface area (Å²) in [5, 5.41) is 12.0. The van der Waals surface area contributed by atoms with Gasteiger partial charge in [0.15, 0.2) is 0 Å². The average Bonchev–Trinajstić information content (AvgIpc) is 2.91. The summed E-state index contributed by atoms with van der Waals surface area (Å²) in [6.07, 6.45) is 1.28. The van der Waals surface area contributed by atoms with Gasteiger partial charge in [-0.25, -0.2) is 9.78 Å². The first kappa shape index (κ1) is 13.9. The number of benzene rings is 1. The third kappa shape index (κ3) is 2.70. The maximum absolute atomic E-state index is 11.2. The predicted octanol–water partition coefficient (Wildman–Crippen LogP) is 4.23. The summed E-state index contributed by atoms with van der Waals surface area (Å²) in [6.45, 7) is 0.314. The van der Waals surface area contributed by atoms with Crippen molar-refractivity contribution in [1.29, 1.82) is 0 Å². The summed E-state index contributed by atoms with van der Waals surface area (Å²) < 4.78 is 6.31.